The predicted molar refractivity (Wildman–Crippen MR) is 74.7 cm³/mol. The molecule has 1 amide bonds. The van der Waals surface area contributed by atoms with E-state index >= 15 is 0 Å². The second kappa shape index (κ2) is 6.19. The van der Waals surface area contributed by atoms with Crippen molar-refractivity contribution in [1.29, 1.82) is 0 Å². The van der Waals surface area contributed by atoms with Crippen LogP contribution in [0.2, 0.25) is 0 Å². The van der Waals surface area contributed by atoms with Gasteiger partial charge in [-0.15, -0.1) is 0 Å². The number of aryl methyl sites for hydroxylation is 1. The molecule has 1 N–H and O–H groups in total. The van der Waals surface area contributed by atoms with Crippen LogP contribution in [0.1, 0.15) is 37.4 Å². The molecule has 0 radical (unpaired) electrons. The van der Waals surface area contributed by atoms with E-state index in [4.69, 9.17) is 0 Å². The first-order valence-corrected chi connectivity index (χ1v) is 7.13. The largest absolute Gasteiger partial charge is 0.337 e. The van der Waals surface area contributed by atoms with Crippen molar-refractivity contribution in [2.75, 3.05) is 13.1 Å². The van der Waals surface area contributed by atoms with E-state index in [-0.39, 0.29) is 11.9 Å². The summed E-state index contributed by atoms with van der Waals surface area (Å²) in [5.74, 6) is 0.239. The molecule has 1 saturated heterocycles. The molecule has 1 aliphatic rings. The quantitative estimate of drug-likeness (QED) is 0.870. The lowest BCUT2D eigenvalue weighted by Gasteiger charge is -2.32. The van der Waals surface area contributed by atoms with Crippen LogP contribution >= 0.6 is 0 Å². The Kier molecular flexibility index (Phi) is 4.58. The summed E-state index contributed by atoms with van der Waals surface area (Å²) in [5, 5.41) is 7.58. The fourth-order valence-electron chi connectivity index (χ4n) is 2.51. The van der Waals surface area contributed by atoms with Crippen LogP contribution in [0.5, 0.6) is 0 Å². The second-order valence-electron chi connectivity index (χ2n) is 5.29. The Hall–Kier alpha value is -1.36. The molecule has 1 aromatic heterocycles. The first kappa shape index (κ1) is 14.1. The van der Waals surface area contributed by atoms with Crippen molar-refractivity contribution in [3.8, 4) is 0 Å². The summed E-state index contributed by atoms with van der Waals surface area (Å²) in [6.45, 7) is 6.62. The molecular weight excluding hydrogens is 240 g/mol. The van der Waals surface area contributed by atoms with Gasteiger partial charge in [0, 0.05) is 31.4 Å². The van der Waals surface area contributed by atoms with E-state index in [0.717, 1.165) is 43.6 Å². The van der Waals surface area contributed by atoms with Crippen LogP contribution in [0.4, 0.5) is 0 Å². The highest BCUT2D eigenvalue weighted by Crippen LogP contribution is 2.16. The molecule has 0 bridgehead atoms. The molecule has 0 aliphatic carbocycles. The smallest absolute Gasteiger partial charge is 0.240 e. The number of nitrogens with one attached hydrogen (secondary N) is 1. The van der Waals surface area contributed by atoms with Gasteiger partial charge in [-0.2, -0.15) is 5.10 Å². The summed E-state index contributed by atoms with van der Waals surface area (Å²) in [6.07, 6.45) is 4.96. The number of likely N-dealkylation sites (tertiary alicyclic amines) is 1. The lowest BCUT2D eigenvalue weighted by molar-refractivity contribution is -0.136. The van der Waals surface area contributed by atoms with Crippen LogP contribution < -0.4 is 5.32 Å². The third-order valence-electron chi connectivity index (χ3n) is 3.87. The zero-order valence-electron chi connectivity index (χ0n) is 12.1. The zero-order chi connectivity index (χ0) is 13.8. The maximum atomic E-state index is 12.4. The number of rotatable bonds is 5. The molecule has 1 fully saturated rings. The summed E-state index contributed by atoms with van der Waals surface area (Å²) in [5.41, 5.74) is 2.28. The van der Waals surface area contributed by atoms with E-state index in [1.807, 2.05) is 29.7 Å². The van der Waals surface area contributed by atoms with E-state index in [1.54, 1.807) is 0 Å². The lowest BCUT2D eigenvalue weighted by atomic mass is 10.0. The van der Waals surface area contributed by atoms with Gasteiger partial charge in [-0.1, -0.05) is 6.92 Å². The molecule has 1 atom stereocenters. The number of carbonyl (C=O) groups excluding carboxylic acids is 1. The monoisotopic (exact) mass is 264 g/mol. The predicted octanol–water partition coefficient (Wildman–Crippen LogP) is 1.22. The number of hydrogen-bond donors (Lipinski definition) is 1. The average Bonchev–Trinajstić information content (AvgIpc) is 2.72. The molecule has 0 spiro atoms. The van der Waals surface area contributed by atoms with E-state index in [2.05, 4.69) is 17.3 Å². The summed E-state index contributed by atoms with van der Waals surface area (Å²) in [6, 6.07) is 0.00526. The van der Waals surface area contributed by atoms with Crippen LogP contribution in [0.15, 0.2) is 6.20 Å². The Labute approximate surface area is 115 Å². The summed E-state index contributed by atoms with van der Waals surface area (Å²) < 4.78 is 1.86. The molecule has 106 valence electrons. The zero-order valence-corrected chi connectivity index (χ0v) is 12.1. The molecule has 1 aliphatic heterocycles. The van der Waals surface area contributed by atoms with Crippen molar-refractivity contribution in [3.63, 3.8) is 0 Å². The topological polar surface area (TPSA) is 50.2 Å². The molecule has 5 heteroatoms. The SMILES string of the molecule is CCCNC1CCCN(Cc2cnn(C)c2C)C1=O. The van der Waals surface area contributed by atoms with Gasteiger partial charge < -0.3 is 10.2 Å². The first-order chi connectivity index (χ1) is 9.13. The summed E-state index contributed by atoms with van der Waals surface area (Å²) in [7, 11) is 1.93. The maximum absolute atomic E-state index is 12.4. The Morgan fingerprint density at radius 1 is 1.53 bits per heavy atom. The molecule has 0 aromatic carbocycles. The summed E-state index contributed by atoms with van der Waals surface area (Å²) >= 11 is 0. The van der Waals surface area contributed by atoms with E-state index in [1.165, 1.54) is 0 Å². The Bertz CT molecular complexity index is 441. The highest BCUT2D eigenvalue weighted by molar-refractivity contribution is 5.82. The van der Waals surface area contributed by atoms with Crippen LogP contribution in [0.3, 0.4) is 0 Å². The standard InChI is InChI=1S/C14H24N4O/c1-4-7-15-13-6-5-8-18(14(13)19)10-12-9-16-17(3)11(12)2/h9,13,15H,4-8,10H2,1-3H3. The molecule has 1 unspecified atom stereocenters. The van der Waals surface area contributed by atoms with Crippen molar-refractivity contribution in [2.45, 2.75) is 45.7 Å². The highest BCUT2D eigenvalue weighted by Gasteiger charge is 2.28. The number of amides is 1. The summed E-state index contributed by atoms with van der Waals surface area (Å²) in [4.78, 5) is 14.3. The van der Waals surface area contributed by atoms with E-state index < -0.39 is 0 Å². The van der Waals surface area contributed by atoms with Crippen molar-refractivity contribution in [2.24, 2.45) is 7.05 Å². The number of carbonyl (C=O) groups is 1. The third-order valence-corrected chi connectivity index (χ3v) is 3.87. The van der Waals surface area contributed by atoms with Crippen molar-refractivity contribution < 1.29 is 4.79 Å². The van der Waals surface area contributed by atoms with E-state index in [0.29, 0.717) is 6.54 Å². The van der Waals surface area contributed by atoms with Gasteiger partial charge in [-0.05, 0) is 32.7 Å². The number of nitrogens with zero attached hydrogens (tertiary/aromatic N) is 3. The van der Waals surface area contributed by atoms with Crippen LogP contribution in [-0.2, 0) is 18.4 Å². The van der Waals surface area contributed by atoms with Gasteiger partial charge in [-0.25, -0.2) is 0 Å². The molecule has 5 nitrogen and oxygen atoms in total. The van der Waals surface area contributed by atoms with Crippen molar-refractivity contribution in [3.05, 3.63) is 17.5 Å². The fraction of sp³-hybridized carbons (Fsp3) is 0.714. The normalized spacial score (nSPS) is 20.1. The number of hydrogen-bond acceptors (Lipinski definition) is 3. The number of aromatic nitrogens is 2. The highest BCUT2D eigenvalue weighted by atomic mass is 16.2. The fourth-order valence-corrected chi connectivity index (χ4v) is 2.51. The van der Waals surface area contributed by atoms with Crippen LogP contribution in [-0.4, -0.2) is 39.7 Å². The second-order valence-corrected chi connectivity index (χ2v) is 5.29. The van der Waals surface area contributed by atoms with Gasteiger partial charge in [0.1, 0.15) is 0 Å². The van der Waals surface area contributed by atoms with Crippen LogP contribution in [0, 0.1) is 6.92 Å². The van der Waals surface area contributed by atoms with E-state index in [9.17, 15) is 4.79 Å². The molecule has 0 saturated carbocycles. The van der Waals surface area contributed by atoms with Crippen LogP contribution in [0.25, 0.3) is 0 Å². The van der Waals surface area contributed by atoms with Gasteiger partial charge in [0.15, 0.2) is 0 Å². The molecule has 19 heavy (non-hydrogen) atoms. The van der Waals surface area contributed by atoms with Crippen molar-refractivity contribution >= 4 is 5.91 Å². The number of piperidine rings is 1. The minimum Gasteiger partial charge on any atom is -0.337 e. The molecular formula is C14H24N4O. The maximum Gasteiger partial charge on any atom is 0.240 e. The van der Waals surface area contributed by atoms with Gasteiger partial charge in [0.25, 0.3) is 0 Å². The van der Waals surface area contributed by atoms with Crippen molar-refractivity contribution in [1.82, 2.24) is 20.0 Å². The van der Waals surface area contributed by atoms with Gasteiger partial charge in [0.2, 0.25) is 5.91 Å². The lowest BCUT2D eigenvalue weighted by Crippen LogP contribution is -2.50. The van der Waals surface area contributed by atoms with Gasteiger partial charge >= 0.3 is 0 Å². The average molecular weight is 264 g/mol. The Morgan fingerprint density at radius 2 is 2.32 bits per heavy atom. The Balaban J connectivity index is 2.00. The Morgan fingerprint density at radius 3 is 2.95 bits per heavy atom. The first-order valence-electron chi connectivity index (χ1n) is 7.13. The van der Waals surface area contributed by atoms with Gasteiger partial charge in [-0.3, -0.25) is 9.48 Å². The third kappa shape index (κ3) is 3.15. The van der Waals surface area contributed by atoms with Gasteiger partial charge in [0.05, 0.1) is 12.2 Å². The minimum atomic E-state index is 0.00526. The molecule has 1 aromatic rings. The molecule has 2 heterocycles. The minimum absolute atomic E-state index is 0.00526. The molecule has 2 rings (SSSR count).